The summed E-state index contributed by atoms with van der Waals surface area (Å²) in [5, 5.41) is 9.27. The van der Waals surface area contributed by atoms with Gasteiger partial charge in [0.05, 0.1) is 0 Å². The van der Waals surface area contributed by atoms with Gasteiger partial charge in [0.1, 0.15) is 11.3 Å². The molecule has 1 unspecified atom stereocenters. The third-order valence-electron chi connectivity index (χ3n) is 3.05. The van der Waals surface area contributed by atoms with Crippen molar-refractivity contribution in [1.29, 1.82) is 0 Å². The largest absolute Gasteiger partial charge is 0.478 e. The lowest BCUT2D eigenvalue weighted by molar-refractivity contribution is -0.200. The van der Waals surface area contributed by atoms with Crippen LogP contribution >= 0.6 is 11.8 Å². The topological polar surface area (TPSA) is 46.5 Å². The minimum atomic E-state index is -4.86. The molecule has 1 atom stereocenters. The molecule has 0 aromatic heterocycles. The highest BCUT2D eigenvalue weighted by Gasteiger charge is 2.63. The lowest BCUT2D eigenvalue weighted by Crippen LogP contribution is -2.52. The van der Waals surface area contributed by atoms with Crippen molar-refractivity contribution >= 4 is 23.8 Å². The monoisotopic (exact) mass is 332 g/mol. The van der Waals surface area contributed by atoms with E-state index in [1.807, 2.05) is 0 Å². The van der Waals surface area contributed by atoms with Crippen LogP contribution < -0.4 is 4.74 Å². The number of carboxylic acids is 1. The summed E-state index contributed by atoms with van der Waals surface area (Å²) < 4.78 is 46.3. The van der Waals surface area contributed by atoms with Crippen molar-refractivity contribution in [2.45, 2.75) is 25.0 Å². The molecular formula is C15H15F3O3S. The highest BCUT2D eigenvalue weighted by atomic mass is 32.2. The van der Waals surface area contributed by atoms with E-state index < -0.39 is 22.7 Å². The van der Waals surface area contributed by atoms with E-state index in [0.717, 1.165) is 6.08 Å². The van der Waals surface area contributed by atoms with E-state index in [-0.39, 0.29) is 17.4 Å². The second-order valence-electron chi connectivity index (χ2n) is 5.32. The van der Waals surface area contributed by atoms with E-state index in [1.165, 1.54) is 12.1 Å². The Labute approximate surface area is 130 Å². The molecular weight excluding hydrogens is 317 g/mol. The molecule has 0 spiro atoms. The fourth-order valence-electron chi connectivity index (χ4n) is 2.04. The van der Waals surface area contributed by atoms with Gasteiger partial charge in [0.15, 0.2) is 0 Å². The number of hydrogen-bond donors (Lipinski definition) is 1. The van der Waals surface area contributed by atoms with Gasteiger partial charge in [0, 0.05) is 11.3 Å². The van der Waals surface area contributed by atoms with Crippen molar-refractivity contribution in [2.75, 3.05) is 5.75 Å². The van der Waals surface area contributed by atoms with Crippen LogP contribution in [0.15, 0.2) is 29.8 Å². The summed E-state index contributed by atoms with van der Waals surface area (Å²) in [5.74, 6) is -1.53. The van der Waals surface area contributed by atoms with Gasteiger partial charge in [0.25, 0.3) is 4.93 Å². The van der Waals surface area contributed by atoms with Crippen molar-refractivity contribution in [3.8, 4) is 5.75 Å². The molecule has 0 saturated heterocycles. The number of aliphatic carboxylic acids is 1. The van der Waals surface area contributed by atoms with Gasteiger partial charge < -0.3 is 9.84 Å². The van der Waals surface area contributed by atoms with Gasteiger partial charge in [-0.3, -0.25) is 0 Å². The smallest absolute Gasteiger partial charge is 0.443 e. The Morgan fingerprint density at radius 2 is 2.00 bits per heavy atom. The second kappa shape index (κ2) is 5.87. The molecule has 0 bridgehead atoms. The second-order valence-corrected chi connectivity index (χ2v) is 6.52. The SMILES string of the molecule is CC(C)CSC1(C(F)(F)F)Oc2ccccc2C=C1C(=O)O. The Kier molecular flexibility index (Phi) is 4.47. The summed E-state index contributed by atoms with van der Waals surface area (Å²) in [7, 11) is 0. The molecule has 1 N–H and O–H groups in total. The molecule has 0 saturated carbocycles. The van der Waals surface area contributed by atoms with Crippen LogP contribution in [0.25, 0.3) is 6.08 Å². The van der Waals surface area contributed by atoms with Crippen LogP contribution in [0, 0.1) is 5.92 Å². The fraction of sp³-hybridized carbons (Fsp3) is 0.400. The van der Waals surface area contributed by atoms with E-state index >= 15 is 0 Å². The lowest BCUT2D eigenvalue weighted by Gasteiger charge is -2.39. The number of carbonyl (C=O) groups is 1. The number of para-hydroxylation sites is 1. The first-order valence-corrected chi connectivity index (χ1v) is 7.60. The van der Waals surface area contributed by atoms with E-state index in [9.17, 15) is 23.1 Å². The molecule has 1 heterocycles. The number of carboxylic acid groups (broad SMARTS) is 1. The Balaban J connectivity index is 2.59. The average molecular weight is 332 g/mol. The van der Waals surface area contributed by atoms with Crippen LogP contribution in [-0.2, 0) is 4.79 Å². The molecule has 1 aromatic carbocycles. The zero-order valence-electron chi connectivity index (χ0n) is 12.0. The van der Waals surface area contributed by atoms with E-state index in [0.29, 0.717) is 17.3 Å². The lowest BCUT2D eigenvalue weighted by atomic mass is 10.0. The number of ether oxygens (including phenoxy) is 1. The van der Waals surface area contributed by atoms with Crippen molar-refractivity contribution in [3.63, 3.8) is 0 Å². The first-order chi connectivity index (χ1) is 10.2. The van der Waals surface area contributed by atoms with Gasteiger partial charge in [-0.15, -0.1) is 11.8 Å². The molecule has 1 aliphatic rings. The van der Waals surface area contributed by atoms with Crippen molar-refractivity contribution in [3.05, 3.63) is 35.4 Å². The normalized spacial score (nSPS) is 21.1. The predicted molar refractivity (Wildman–Crippen MR) is 78.8 cm³/mol. The van der Waals surface area contributed by atoms with Gasteiger partial charge >= 0.3 is 12.1 Å². The van der Waals surface area contributed by atoms with Gasteiger partial charge in [-0.25, -0.2) is 4.79 Å². The van der Waals surface area contributed by atoms with Crippen LogP contribution in [0.1, 0.15) is 19.4 Å². The van der Waals surface area contributed by atoms with Crippen LogP contribution in [0.3, 0.4) is 0 Å². The summed E-state index contributed by atoms with van der Waals surface area (Å²) in [4.78, 5) is 8.52. The third-order valence-corrected chi connectivity index (χ3v) is 4.83. The number of hydrogen-bond acceptors (Lipinski definition) is 3. The molecule has 0 aliphatic carbocycles. The Morgan fingerprint density at radius 3 is 2.55 bits per heavy atom. The van der Waals surface area contributed by atoms with Crippen LogP contribution in [-0.4, -0.2) is 27.9 Å². The summed E-state index contributed by atoms with van der Waals surface area (Å²) in [6, 6.07) is 6.08. The molecule has 7 heteroatoms. The molecule has 0 radical (unpaired) electrons. The molecule has 0 fully saturated rings. The molecule has 0 amide bonds. The van der Waals surface area contributed by atoms with Crippen LogP contribution in [0.5, 0.6) is 5.75 Å². The Morgan fingerprint density at radius 1 is 1.36 bits per heavy atom. The van der Waals surface area contributed by atoms with Gasteiger partial charge in [0.2, 0.25) is 0 Å². The first-order valence-electron chi connectivity index (χ1n) is 6.61. The highest BCUT2D eigenvalue weighted by Crippen LogP contribution is 2.52. The van der Waals surface area contributed by atoms with Crippen LogP contribution in [0.4, 0.5) is 13.2 Å². The number of thioether (sulfide) groups is 1. The minimum Gasteiger partial charge on any atom is -0.478 e. The first kappa shape index (κ1) is 16.7. The number of alkyl halides is 3. The summed E-state index contributed by atoms with van der Waals surface area (Å²) in [6.45, 7) is 3.52. The molecule has 1 aliphatic heterocycles. The Hall–Kier alpha value is -1.63. The fourth-order valence-corrected chi connectivity index (χ4v) is 3.22. The molecule has 22 heavy (non-hydrogen) atoms. The molecule has 1 aromatic rings. The number of fused-ring (bicyclic) bond motifs is 1. The Bertz CT molecular complexity index is 610. The van der Waals surface area contributed by atoms with Gasteiger partial charge in [-0.05, 0) is 18.1 Å². The van der Waals surface area contributed by atoms with Gasteiger partial charge in [-0.1, -0.05) is 32.0 Å². The zero-order valence-corrected chi connectivity index (χ0v) is 12.8. The van der Waals surface area contributed by atoms with Crippen molar-refractivity contribution in [1.82, 2.24) is 0 Å². The summed E-state index contributed by atoms with van der Waals surface area (Å²) in [5.41, 5.74) is -0.478. The zero-order chi connectivity index (χ0) is 16.5. The van der Waals surface area contributed by atoms with E-state index in [4.69, 9.17) is 4.74 Å². The average Bonchev–Trinajstić information content (AvgIpc) is 2.42. The van der Waals surface area contributed by atoms with E-state index in [1.54, 1.807) is 26.0 Å². The summed E-state index contributed by atoms with van der Waals surface area (Å²) in [6.07, 6.45) is -3.81. The maximum Gasteiger partial charge on any atom is 0.443 e. The van der Waals surface area contributed by atoms with Crippen molar-refractivity contribution < 1.29 is 27.8 Å². The van der Waals surface area contributed by atoms with Gasteiger partial charge in [-0.2, -0.15) is 13.2 Å². The van der Waals surface area contributed by atoms with Crippen molar-refractivity contribution in [2.24, 2.45) is 5.92 Å². The molecule has 3 nitrogen and oxygen atoms in total. The molecule has 2 rings (SSSR count). The predicted octanol–water partition coefficient (Wildman–Crippen LogP) is 4.19. The number of rotatable bonds is 4. The van der Waals surface area contributed by atoms with Crippen LogP contribution in [0.2, 0.25) is 0 Å². The summed E-state index contributed by atoms with van der Waals surface area (Å²) >= 11 is 0.464. The molecule has 120 valence electrons. The quantitative estimate of drug-likeness (QED) is 0.898. The number of benzene rings is 1. The maximum absolute atomic E-state index is 13.7. The maximum atomic E-state index is 13.7. The third kappa shape index (κ3) is 2.95. The standard InChI is InChI=1S/C15H15F3O3S/c1-9(2)8-22-14(15(16,17)18)11(13(19)20)7-10-5-3-4-6-12(10)21-14/h3-7,9H,8H2,1-2H3,(H,19,20). The van der Waals surface area contributed by atoms with E-state index in [2.05, 4.69) is 0 Å². The minimum absolute atomic E-state index is 0.0288. The highest BCUT2D eigenvalue weighted by molar-refractivity contribution is 8.00. The number of halogens is 3.